The van der Waals surface area contributed by atoms with E-state index >= 15 is 0 Å². The Bertz CT molecular complexity index is 593. The minimum absolute atomic E-state index is 0.477. The standard InChI is InChI=1S/C17H22N2OS/c1-12-11-17-16(7-10-21-17)13(2)19(12)8-9-20-15-5-3-14(18)4-6-15/h3-7,10,12-13H,8-9,11,18H2,1-2H3/t12-,13+/m1/s1. The van der Waals surface area contributed by atoms with Gasteiger partial charge < -0.3 is 10.5 Å². The molecule has 1 aliphatic rings. The maximum absolute atomic E-state index is 5.84. The summed E-state index contributed by atoms with van der Waals surface area (Å²) in [7, 11) is 0. The molecule has 0 radical (unpaired) electrons. The smallest absolute Gasteiger partial charge is 0.119 e. The van der Waals surface area contributed by atoms with Crippen molar-refractivity contribution in [3.8, 4) is 5.75 Å². The Labute approximate surface area is 130 Å². The molecule has 2 aromatic rings. The maximum Gasteiger partial charge on any atom is 0.119 e. The molecular formula is C17H22N2OS. The molecule has 4 heteroatoms. The molecular weight excluding hydrogens is 280 g/mol. The first-order valence-electron chi connectivity index (χ1n) is 7.45. The highest BCUT2D eigenvalue weighted by Crippen LogP contribution is 2.35. The third-order valence-corrected chi connectivity index (χ3v) is 5.23. The molecule has 2 heterocycles. The number of thiophene rings is 1. The van der Waals surface area contributed by atoms with E-state index in [2.05, 4.69) is 30.2 Å². The molecule has 0 spiro atoms. The summed E-state index contributed by atoms with van der Waals surface area (Å²) in [4.78, 5) is 4.08. The summed E-state index contributed by atoms with van der Waals surface area (Å²) in [6.45, 7) is 6.26. The van der Waals surface area contributed by atoms with Crippen LogP contribution in [0.5, 0.6) is 5.75 Å². The first-order chi connectivity index (χ1) is 10.1. The molecule has 1 aliphatic heterocycles. The van der Waals surface area contributed by atoms with E-state index in [1.165, 1.54) is 5.56 Å². The molecule has 0 aliphatic carbocycles. The van der Waals surface area contributed by atoms with E-state index in [4.69, 9.17) is 10.5 Å². The minimum Gasteiger partial charge on any atom is -0.492 e. The molecule has 0 unspecified atom stereocenters. The molecule has 0 bridgehead atoms. The zero-order valence-corrected chi connectivity index (χ0v) is 13.4. The Morgan fingerprint density at radius 3 is 2.76 bits per heavy atom. The van der Waals surface area contributed by atoms with E-state index in [0.29, 0.717) is 18.7 Å². The number of benzene rings is 1. The molecule has 21 heavy (non-hydrogen) atoms. The molecule has 0 amide bonds. The van der Waals surface area contributed by atoms with Crippen LogP contribution < -0.4 is 10.5 Å². The predicted octanol–water partition coefficient (Wildman–Crippen LogP) is 3.72. The van der Waals surface area contributed by atoms with Crippen LogP contribution in [0.1, 0.15) is 30.3 Å². The Morgan fingerprint density at radius 2 is 2.00 bits per heavy atom. The van der Waals surface area contributed by atoms with Crippen LogP contribution in [0.4, 0.5) is 5.69 Å². The molecule has 2 N–H and O–H groups in total. The summed E-state index contributed by atoms with van der Waals surface area (Å²) in [5.74, 6) is 0.887. The number of fused-ring (bicyclic) bond motifs is 1. The van der Waals surface area contributed by atoms with Crippen molar-refractivity contribution in [3.63, 3.8) is 0 Å². The average molecular weight is 302 g/mol. The van der Waals surface area contributed by atoms with Crippen molar-refractivity contribution in [1.82, 2.24) is 4.90 Å². The van der Waals surface area contributed by atoms with Crippen molar-refractivity contribution >= 4 is 17.0 Å². The largest absolute Gasteiger partial charge is 0.492 e. The Hall–Kier alpha value is -1.52. The normalized spacial score (nSPS) is 22.0. The Kier molecular flexibility index (Phi) is 4.17. The number of rotatable bonds is 4. The SMILES string of the molecule is C[C@@H]1Cc2sccc2[C@H](C)N1CCOc1ccc(N)cc1. The fraction of sp³-hybridized carbons (Fsp3) is 0.412. The quantitative estimate of drug-likeness (QED) is 0.875. The van der Waals surface area contributed by atoms with Gasteiger partial charge in [-0.15, -0.1) is 11.3 Å². The highest BCUT2D eigenvalue weighted by molar-refractivity contribution is 7.10. The monoisotopic (exact) mass is 302 g/mol. The van der Waals surface area contributed by atoms with Crippen molar-refractivity contribution in [3.05, 3.63) is 46.2 Å². The molecule has 1 aromatic carbocycles. The zero-order chi connectivity index (χ0) is 14.8. The number of nitrogen functional groups attached to an aromatic ring is 1. The van der Waals surface area contributed by atoms with Crippen molar-refractivity contribution < 1.29 is 4.74 Å². The molecule has 112 valence electrons. The van der Waals surface area contributed by atoms with Gasteiger partial charge in [0.25, 0.3) is 0 Å². The van der Waals surface area contributed by atoms with Crippen LogP contribution in [0.25, 0.3) is 0 Å². The topological polar surface area (TPSA) is 38.5 Å². The van der Waals surface area contributed by atoms with Gasteiger partial charge in [-0.2, -0.15) is 0 Å². The van der Waals surface area contributed by atoms with E-state index < -0.39 is 0 Å². The lowest BCUT2D eigenvalue weighted by Gasteiger charge is -2.38. The third kappa shape index (κ3) is 3.06. The van der Waals surface area contributed by atoms with Gasteiger partial charge in [-0.25, -0.2) is 0 Å². The number of ether oxygens (including phenoxy) is 1. The number of anilines is 1. The van der Waals surface area contributed by atoms with E-state index in [1.807, 2.05) is 35.6 Å². The first-order valence-corrected chi connectivity index (χ1v) is 8.33. The molecule has 0 fully saturated rings. The van der Waals surface area contributed by atoms with Gasteiger partial charge in [-0.3, -0.25) is 4.90 Å². The molecule has 0 saturated heterocycles. The van der Waals surface area contributed by atoms with Crippen LogP contribution in [0.2, 0.25) is 0 Å². The van der Waals surface area contributed by atoms with Gasteiger partial charge in [0.2, 0.25) is 0 Å². The van der Waals surface area contributed by atoms with Gasteiger partial charge in [0, 0.05) is 29.2 Å². The van der Waals surface area contributed by atoms with Gasteiger partial charge in [-0.1, -0.05) is 0 Å². The molecule has 3 nitrogen and oxygen atoms in total. The first kappa shape index (κ1) is 14.4. The molecule has 0 saturated carbocycles. The summed E-state index contributed by atoms with van der Waals surface area (Å²) in [5.41, 5.74) is 7.94. The minimum atomic E-state index is 0.477. The van der Waals surface area contributed by atoms with E-state index in [1.54, 1.807) is 4.88 Å². The molecule has 2 atom stereocenters. The summed E-state index contributed by atoms with van der Waals surface area (Å²) in [5, 5.41) is 2.21. The summed E-state index contributed by atoms with van der Waals surface area (Å²) >= 11 is 1.89. The van der Waals surface area contributed by atoms with Gasteiger partial charge >= 0.3 is 0 Å². The second kappa shape index (κ2) is 6.08. The van der Waals surface area contributed by atoms with Crippen LogP contribution in [-0.4, -0.2) is 24.1 Å². The fourth-order valence-corrected chi connectivity index (χ4v) is 4.17. The lowest BCUT2D eigenvalue weighted by Crippen LogP contribution is -2.42. The molecule has 1 aromatic heterocycles. The second-order valence-corrected chi connectivity index (χ2v) is 6.68. The zero-order valence-electron chi connectivity index (χ0n) is 12.6. The van der Waals surface area contributed by atoms with Crippen LogP contribution in [-0.2, 0) is 6.42 Å². The Balaban J connectivity index is 1.59. The summed E-state index contributed by atoms with van der Waals surface area (Å²) in [6, 6.07) is 10.9. The highest BCUT2D eigenvalue weighted by Gasteiger charge is 2.29. The average Bonchev–Trinajstić information content (AvgIpc) is 2.93. The lowest BCUT2D eigenvalue weighted by atomic mass is 9.96. The Morgan fingerprint density at radius 1 is 1.24 bits per heavy atom. The van der Waals surface area contributed by atoms with Crippen molar-refractivity contribution in [2.75, 3.05) is 18.9 Å². The van der Waals surface area contributed by atoms with E-state index in [0.717, 1.165) is 24.4 Å². The van der Waals surface area contributed by atoms with E-state index in [-0.39, 0.29) is 0 Å². The lowest BCUT2D eigenvalue weighted by molar-refractivity contribution is 0.114. The van der Waals surface area contributed by atoms with Crippen molar-refractivity contribution in [2.45, 2.75) is 32.4 Å². The maximum atomic E-state index is 5.84. The predicted molar refractivity (Wildman–Crippen MR) is 89.0 cm³/mol. The van der Waals surface area contributed by atoms with Crippen LogP contribution >= 0.6 is 11.3 Å². The highest BCUT2D eigenvalue weighted by atomic mass is 32.1. The second-order valence-electron chi connectivity index (χ2n) is 5.68. The number of nitrogens with two attached hydrogens (primary N) is 1. The summed E-state index contributed by atoms with van der Waals surface area (Å²) < 4.78 is 5.84. The van der Waals surface area contributed by atoms with Crippen LogP contribution in [0.3, 0.4) is 0 Å². The van der Waals surface area contributed by atoms with Crippen LogP contribution in [0.15, 0.2) is 35.7 Å². The summed E-state index contributed by atoms with van der Waals surface area (Å²) in [6.07, 6.45) is 1.15. The number of hydrogen-bond donors (Lipinski definition) is 1. The number of nitrogens with zero attached hydrogens (tertiary/aromatic N) is 1. The van der Waals surface area contributed by atoms with Crippen molar-refractivity contribution in [2.24, 2.45) is 0 Å². The van der Waals surface area contributed by atoms with Crippen molar-refractivity contribution in [1.29, 1.82) is 0 Å². The van der Waals surface area contributed by atoms with Gasteiger partial charge in [-0.05, 0) is 61.5 Å². The van der Waals surface area contributed by atoms with Gasteiger partial charge in [0.05, 0.1) is 0 Å². The molecule has 3 rings (SSSR count). The van der Waals surface area contributed by atoms with E-state index in [9.17, 15) is 0 Å². The number of hydrogen-bond acceptors (Lipinski definition) is 4. The van der Waals surface area contributed by atoms with Gasteiger partial charge in [0.15, 0.2) is 0 Å². The van der Waals surface area contributed by atoms with Gasteiger partial charge in [0.1, 0.15) is 12.4 Å². The third-order valence-electron chi connectivity index (χ3n) is 4.27. The van der Waals surface area contributed by atoms with Crippen LogP contribution in [0, 0.1) is 0 Å². The fourth-order valence-electron chi connectivity index (χ4n) is 3.08.